The first kappa shape index (κ1) is 12.7. The van der Waals surface area contributed by atoms with Gasteiger partial charge in [-0.25, -0.2) is 4.79 Å². The Balaban J connectivity index is 1.93. The van der Waals surface area contributed by atoms with Gasteiger partial charge in [0.05, 0.1) is 0 Å². The Kier molecular flexibility index (Phi) is 4.07. The van der Waals surface area contributed by atoms with Crippen LogP contribution in [0.25, 0.3) is 0 Å². The lowest BCUT2D eigenvalue weighted by atomic mass is 10.1. The molecule has 1 aliphatic rings. The fourth-order valence-corrected chi connectivity index (χ4v) is 2.42. The highest BCUT2D eigenvalue weighted by Gasteiger charge is 2.22. The van der Waals surface area contributed by atoms with Gasteiger partial charge < -0.3 is 16.0 Å². The average Bonchev–Trinajstić information content (AvgIpc) is 2.77. The Hall–Kier alpha value is -1.71. The third-order valence-electron chi connectivity index (χ3n) is 3.58. The fourth-order valence-electron chi connectivity index (χ4n) is 2.42. The molecule has 2 rings (SSSR count). The van der Waals surface area contributed by atoms with E-state index in [1.807, 2.05) is 24.3 Å². The van der Waals surface area contributed by atoms with Gasteiger partial charge in [-0.1, -0.05) is 13.3 Å². The van der Waals surface area contributed by atoms with Crippen molar-refractivity contribution in [2.45, 2.75) is 32.2 Å². The Morgan fingerprint density at radius 1 is 1.17 bits per heavy atom. The number of hydrogen-bond acceptors (Lipinski definition) is 2. The van der Waals surface area contributed by atoms with E-state index in [4.69, 9.17) is 0 Å². The lowest BCUT2D eigenvalue weighted by molar-refractivity contribution is 0.254. The molecule has 4 nitrogen and oxygen atoms in total. The van der Waals surface area contributed by atoms with Gasteiger partial charge in [-0.05, 0) is 43.0 Å². The van der Waals surface area contributed by atoms with E-state index in [2.05, 4.69) is 22.9 Å². The molecule has 0 radical (unpaired) electrons. The summed E-state index contributed by atoms with van der Waals surface area (Å²) >= 11 is 0. The number of benzene rings is 1. The predicted molar refractivity (Wildman–Crippen MR) is 74.9 cm³/mol. The molecule has 1 fully saturated rings. The lowest BCUT2D eigenvalue weighted by Gasteiger charge is -2.18. The van der Waals surface area contributed by atoms with Gasteiger partial charge in [0.1, 0.15) is 0 Å². The molecule has 4 heteroatoms. The highest BCUT2D eigenvalue weighted by molar-refractivity contribution is 5.89. The summed E-state index contributed by atoms with van der Waals surface area (Å²) in [6, 6.07) is 8.24. The molecule has 2 amide bonds. The van der Waals surface area contributed by atoms with Gasteiger partial charge in [-0.3, -0.25) is 0 Å². The molecule has 0 aromatic heterocycles. The Labute approximate surface area is 108 Å². The van der Waals surface area contributed by atoms with Crippen LogP contribution in [0.1, 0.15) is 26.2 Å². The van der Waals surface area contributed by atoms with Crippen molar-refractivity contribution < 1.29 is 4.79 Å². The zero-order valence-electron chi connectivity index (χ0n) is 11.0. The molecule has 2 unspecified atom stereocenters. The summed E-state index contributed by atoms with van der Waals surface area (Å²) in [5.74, 6) is 0.744. The molecule has 0 aliphatic heterocycles. The number of hydrogen-bond donors (Lipinski definition) is 3. The maximum absolute atomic E-state index is 11.1. The van der Waals surface area contributed by atoms with Gasteiger partial charge in [0.15, 0.2) is 0 Å². The smallest absolute Gasteiger partial charge is 0.318 e. The van der Waals surface area contributed by atoms with Crippen LogP contribution in [0.3, 0.4) is 0 Å². The summed E-state index contributed by atoms with van der Waals surface area (Å²) < 4.78 is 0. The minimum absolute atomic E-state index is 0.194. The van der Waals surface area contributed by atoms with Crippen molar-refractivity contribution in [2.24, 2.45) is 5.92 Å². The summed E-state index contributed by atoms with van der Waals surface area (Å²) in [7, 11) is 1.60. The Bertz CT molecular complexity index is 402. The molecule has 0 saturated heterocycles. The van der Waals surface area contributed by atoms with Gasteiger partial charge in [0, 0.05) is 24.5 Å². The first-order valence-corrected chi connectivity index (χ1v) is 6.54. The standard InChI is InChI=1S/C14H21N3O/c1-10-4-3-5-13(10)16-11-6-8-12(9-7-11)17-14(18)15-2/h6-10,13,16H,3-5H2,1-2H3,(H2,15,17,18). The second-order valence-electron chi connectivity index (χ2n) is 4.94. The van der Waals surface area contributed by atoms with Crippen molar-refractivity contribution in [1.29, 1.82) is 0 Å². The van der Waals surface area contributed by atoms with E-state index in [0.29, 0.717) is 6.04 Å². The van der Waals surface area contributed by atoms with Crippen molar-refractivity contribution in [3.63, 3.8) is 0 Å². The maximum atomic E-state index is 11.1. The van der Waals surface area contributed by atoms with E-state index in [1.165, 1.54) is 19.3 Å². The number of amides is 2. The van der Waals surface area contributed by atoms with Gasteiger partial charge in [0.2, 0.25) is 0 Å². The van der Waals surface area contributed by atoms with Crippen LogP contribution in [0.4, 0.5) is 16.2 Å². The van der Waals surface area contributed by atoms with Crippen LogP contribution >= 0.6 is 0 Å². The van der Waals surface area contributed by atoms with Gasteiger partial charge in [0.25, 0.3) is 0 Å². The molecule has 0 spiro atoms. The van der Waals surface area contributed by atoms with Crippen LogP contribution in [0.5, 0.6) is 0 Å². The van der Waals surface area contributed by atoms with Crippen molar-refractivity contribution in [1.82, 2.24) is 5.32 Å². The third-order valence-corrected chi connectivity index (χ3v) is 3.58. The molecule has 1 saturated carbocycles. The monoisotopic (exact) mass is 247 g/mol. The molecule has 0 bridgehead atoms. The number of carbonyl (C=O) groups is 1. The molecule has 1 aliphatic carbocycles. The molecule has 18 heavy (non-hydrogen) atoms. The first-order chi connectivity index (χ1) is 8.69. The number of nitrogens with one attached hydrogen (secondary N) is 3. The highest BCUT2D eigenvalue weighted by Crippen LogP contribution is 2.28. The second kappa shape index (κ2) is 5.76. The third kappa shape index (κ3) is 3.15. The molecule has 0 heterocycles. The van der Waals surface area contributed by atoms with Gasteiger partial charge >= 0.3 is 6.03 Å². The van der Waals surface area contributed by atoms with E-state index in [-0.39, 0.29) is 6.03 Å². The highest BCUT2D eigenvalue weighted by atomic mass is 16.2. The first-order valence-electron chi connectivity index (χ1n) is 6.54. The van der Waals surface area contributed by atoms with Crippen LogP contribution in [0.15, 0.2) is 24.3 Å². The molecule has 1 aromatic rings. The largest absolute Gasteiger partial charge is 0.382 e. The maximum Gasteiger partial charge on any atom is 0.318 e. The number of carbonyl (C=O) groups excluding carboxylic acids is 1. The normalized spacial score (nSPS) is 22.6. The Morgan fingerprint density at radius 2 is 1.83 bits per heavy atom. The summed E-state index contributed by atoms with van der Waals surface area (Å²) in [5, 5.41) is 8.83. The summed E-state index contributed by atoms with van der Waals surface area (Å²) in [6.07, 6.45) is 3.88. The molecule has 3 N–H and O–H groups in total. The number of anilines is 2. The average molecular weight is 247 g/mol. The zero-order chi connectivity index (χ0) is 13.0. The Morgan fingerprint density at radius 3 is 2.39 bits per heavy atom. The molecule has 1 aromatic carbocycles. The second-order valence-corrected chi connectivity index (χ2v) is 4.94. The fraction of sp³-hybridized carbons (Fsp3) is 0.500. The van der Waals surface area contributed by atoms with Gasteiger partial charge in [-0.15, -0.1) is 0 Å². The van der Waals surface area contributed by atoms with E-state index in [0.717, 1.165) is 17.3 Å². The summed E-state index contributed by atoms with van der Waals surface area (Å²) in [6.45, 7) is 2.30. The SMILES string of the molecule is CNC(=O)Nc1ccc(NC2CCCC2C)cc1. The number of urea groups is 1. The van der Waals surface area contributed by atoms with E-state index in [9.17, 15) is 4.79 Å². The van der Waals surface area contributed by atoms with Crippen LogP contribution in [0.2, 0.25) is 0 Å². The predicted octanol–water partition coefficient (Wildman–Crippen LogP) is 3.04. The van der Waals surface area contributed by atoms with Crippen molar-refractivity contribution in [2.75, 3.05) is 17.7 Å². The van der Waals surface area contributed by atoms with Crippen LogP contribution in [0, 0.1) is 5.92 Å². The van der Waals surface area contributed by atoms with Crippen molar-refractivity contribution in [3.8, 4) is 0 Å². The van der Waals surface area contributed by atoms with E-state index >= 15 is 0 Å². The van der Waals surface area contributed by atoms with Crippen LogP contribution in [-0.4, -0.2) is 19.1 Å². The van der Waals surface area contributed by atoms with Crippen LogP contribution < -0.4 is 16.0 Å². The van der Waals surface area contributed by atoms with E-state index < -0.39 is 0 Å². The van der Waals surface area contributed by atoms with Gasteiger partial charge in [-0.2, -0.15) is 0 Å². The van der Waals surface area contributed by atoms with Crippen molar-refractivity contribution in [3.05, 3.63) is 24.3 Å². The van der Waals surface area contributed by atoms with E-state index in [1.54, 1.807) is 7.05 Å². The quantitative estimate of drug-likeness (QED) is 0.769. The minimum Gasteiger partial charge on any atom is -0.382 e. The summed E-state index contributed by atoms with van der Waals surface area (Å²) in [4.78, 5) is 11.1. The topological polar surface area (TPSA) is 53.2 Å². The van der Waals surface area contributed by atoms with Crippen molar-refractivity contribution >= 4 is 17.4 Å². The summed E-state index contributed by atoms with van der Waals surface area (Å²) in [5.41, 5.74) is 1.93. The molecular weight excluding hydrogens is 226 g/mol. The molecule has 98 valence electrons. The van der Waals surface area contributed by atoms with Crippen LogP contribution in [-0.2, 0) is 0 Å². The molecular formula is C14H21N3O. The lowest BCUT2D eigenvalue weighted by Crippen LogP contribution is -2.24. The minimum atomic E-state index is -0.194. The molecule has 2 atom stereocenters. The number of rotatable bonds is 3. The zero-order valence-corrected chi connectivity index (χ0v) is 11.0.